The molecule has 0 aliphatic carbocycles. The van der Waals surface area contributed by atoms with E-state index in [0.29, 0.717) is 23.5 Å². The zero-order chi connectivity index (χ0) is 26.4. The van der Waals surface area contributed by atoms with E-state index in [1.54, 1.807) is 30.5 Å². The van der Waals surface area contributed by atoms with E-state index in [-0.39, 0.29) is 28.3 Å². The Bertz CT molecular complexity index is 1380. The lowest BCUT2D eigenvalue weighted by Crippen LogP contribution is -2.36. The standard InChI is InChI=1S/C28H28N6O3/c1-18(30)27(19(2)35)28(36)33-24-8-5-21(16-22(24)17-29)25-9-10-31-26(32-25)15-20-3-6-23(7-4-20)34-11-13-37-14-12-34/h3-10,16,30,35H,11-15H2,1-2H3,(H,33,36)/b27-19+,30-18?. The van der Waals surface area contributed by atoms with Crippen LogP contribution in [0.4, 0.5) is 11.4 Å². The van der Waals surface area contributed by atoms with Gasteiger partial charge in [0, 0.05) is 42.7 Å². The maximum Gasteiger partial charge on any atom is 0.260 e. The first-order chi connectivity index (χ1) is 17.9. The molecule has 3 aromatic rings. The van der Waals surface area contributed by atoms with Gasteiger partial charge in [-0.25, -0.2) is 9.97 Å². The van der Waals surface area contributed by atoms with Crippen molar-refractivity contribution in [3.05, 3.63) is 83.0 Å². The van der Waals surface area contributed by atoms with Gasteiger partial charge in [0.2, 0.25) is 0 Å². The highest BCUT2D eigenvalue weighted by Crippen LogP contribution is 2.25. The minimum absolute atomic E-state index is 0.0723. The number of aromatic nitrogens is 2. The number of carbonyl (C=O) groups is 1. The second-order valence-corrected chi connectivity index (χ2v) is 8.71. The summed E-state index contributed by atoms with van der Waals surface area (Å²) < 4.78 is 5.42. The number of anilines is 2. The Kier molecular flexibility index (Phi) is 7.91. The van der Waals surface area contributed by atoms with E-state index >= 15 is 0 Å². The van der Waals surface area contributed by atoms with E-state index in [4.69, 9.17) is 10.1 Å². The molecular weight excluding hydrogens is 468 g/mol. The summed E-state index contributed by atoms with van der Waals surface area (Å²) in [5.74, 6) is -0.257. The van der Waals surface area contributed by atoms with Gasteiger partial charge in [0.15, 0.2) is 0 Å². The van der Waals surface area contributed by atoms with Crippen LogP contribution in [0.25, 0.3) is 11.3 Å². The molecule has 1 aliphatic rings. The minimum Gasteiger partial charge on any atom is -0.512 e. The summed E-state index contributed by atoms with van der Waals surface area (Å²) in [6, 6.07) is 17.3. The predicted molar refractivity (Wildman–Crippen MR) is 142 cm³/mol. The van der Waals surface area contributed by atoms with E-state index in [9.17, 15) is 15.2 Å². The average Bonchev–Trinajstić information content (AvgIpc) is 2.89. The fourth-order valence-corrected chi connectivity index (χ4v) is 4.17. The Morgan fingerprint density at radius 2 is 1.89 bits per heavy atom. The third-order valence-electron chi connectivity index (χ3n) is 6.03. The monoisotopic (exact) mass is 496 g/mol. The number of hydrogen-bond donors (Lipinski definition) is 3. The molecule has 0 atom stereocenters. The molecule has 0 spiro atoms. The molecule has 0 saturated carbocycles. The molecule has 188 valence electrons. The van der Waals surface area contributed by atoms with E-state index in [1.807, 2.05) is 0 Å². The van der Waals surface area contributed by atoms with E-state index < -0.39 is 5.91 Å². The van der Waals surface area contributed by atoms with Crippen molar-refractivity contribution in [1.82, 2.24) is 9.97 Å². The van der Waals surface area contributed by atoms with E-state index in [0.717, 1.165) is 31.9 Å². The van der Waals surface area contributed by atoms with Crippen LogP contribution in [0, 0.1) is 16.7 Å². The Labute approximate surface area is 215 Å². The molecule has 2 aromatic carbocycles. The number of carbonyl (C=O) groups excluding carboxylic acids is 1. The SMILES string of the molecule is CC(=N)/C(C(=O)Nc1ccc(-c2ccnc(Cc3ccc(N4CCOCC4)cc3)n2)cc1C#N)=C(/C)O. The topological polar surface area (TPSA) is 135 Å². The van der Waals surface area contributed by atoms with Gasteiger partial charge in [-0.15, -0.1) is 0 Å². The molecule has 3 N–H and O–H groups in total. The largest absolute Gasteiger partial charge is 0.512 e. The van der Waals surface area contributed by atoms with Crippen LogP contribution in [-0.4, -0.2) is 53.0 Å². The Morgan fingerprint density at radius 3 is 2.54 bits per heavy atom. The second-order valence-electron chi connectivity index (χ2n) is 8.71. The number of amides is 1. The number of nitriles is 1. The molecule has 0 bridgehead atoms. The lowest BCUT2D eigenvalue weighted by Gasteiger charge is -2.28. The van der Waals surface area contributed by atoms with Crippen LogP contribution in [0.1, 0.15) is 30.8 Å². The van der Waals surface area contributed by atoms with Crippen LogP contribution in [0.3, 0.4) is 0 Å². The van der Waals surface area contributed by atoms with Crippen LogP contribution in [0.2, 0.25) is 0 Å². The molecular formula is C28H28N6O3. The van der Waals surface area contributed by atoms with Gasteiger partial charge in [-0.05, 0) is 49.7 Å². The molecule has 1 saturated heterocycles. The molecule has 9 nitrogen and oxygen atoms in total. The minimum atomic E-state index is -0.652. The van der Waals surface area contributed by atoms with E-state index in [2.05, 4.69) is 50.5 Å². The molecule has 1 fully saturated rings. The van der Waals surface area contributed by atoms with Crippen LogP contribution in [0.15, 0.2) is 66.1 Å². The summed E-state index contributed by atoms with van der Waals surface area (Å²) in [6.45, 7) is 6.01. The number of nitrogens with one attached hydrogen (secondary N) is 2. The second kappa shape index (κ2) is 11.5. The molecule has 1 amide bonds. The number of aliphatic hydroxyl groups is 1. The molecule has 0 radical (unpaired) electrons. The molecule has 9 heteroatoms. The first kappa shape index (κ1) is 25.5. The van der Waals surface area contributed by atoms with Crippen LogP contribution in [0.5, 0.6) is 0 Å². The van der Waals surface area contributed by atoms with Gasteiger partial charge < -0.3 is 25.5 Å². The van der Waals surface area contributed by atoms with Crippen molar-refractivity contribution in [3.8, 4) is 17.3 Å². The fourth-order valence-electron chi connectivity index (χ4n) is 4.17. The first-order valence-electron chi connectivity index (χ1n) is 11.9. The fraction of sp³-hybridized carbons (Fsp3) is 0.250. The average molecular weight is 497 g/mol. The van der Waals surface area contributed by atoms with Crippen molar-refractivity contribution >= 4 is 23.0 Å². The highest BCUT2D eigenvalue weighted by atomic mass is 16.5. The smallest absolute Gasteiger partial charge is 0.260 e. The van der Waals surface area contributed by atoms with Gasteiger partial charge in [-0.3, -0.25) is 4.79 Å². The van der Waals surface area contributed by atoms with Crippen LogP contribution >= 0.6 is 0 Å². The third kappa shape index (κ3) is 6.18. The number of aliphatic hydroxyl groups excluding tert-OH is 1. The highest BCUT2D eigenvalue weighted by molar-refractivity contribution is 6.24. The molecule has 1 aliphatic heterocycles. The normalized spacial score (nSPS) is 13.9. The summed E-state index contributed by atoms with van der Waals surface area (Å²) in [7, 11) is 0. The predicted octanol–water partition coefficient (Wildman–Crippen LogP) is 4.25. The van der Waals surface area contributed by atoms with Gasteiger partial charge >= 0.3 is 0 Å². The van der Waals surface area contributed by atoms with E-state index in [1.165, 1.54) is 19.5 Å². The Balaban J connectivity index is 1.50. The van der Waals surface area contributed by atoms with Crippen molar-refractivity contribution in [1.29, 1.82) is 10.7 Å². The van der Waals surface area contributed by atoms with Crippen molar-refractivity contribution < 1.29 is 14.6 Å². The lowest BCUT2D eigenvalue weighted by atomic mass is 10.0. The Morgan fingerprint density at radius 1 is 1.16 bits per heavy atom. The summed E-state index contributed by atoms with van der Waals surface area (Å²) in [4.78, 5) is 23.9. The molecule has 4 rings (SSSR count). The van der Waals surface area contributed by atoms with Crippen molar-refractivity contribution in [2.45, 2.75) is 20.3 Å². The maximum absolute atomic E-state index is 12.5. The zero-order valence-corrected chi connectivity index (χ0v) is 20.8. The third-order valence-corrected chi connectivity index (χ3v) is 6.03. The van der Waals surface area contributed by atoms with Crippen molar-refractivity contribution in [2.24, 2.45) is 0 Å². The molecule has 2 heterocycles. The van der Waals surface area contributed by atoms with Crippen LogP contribution in [-0.2, 0) is 16.0 Å². The zero-order valence-electron chi connectivity index (χ0n) is 20.8. The number of nitrogens with zero attached hydrogens (tertiary/aromatic N) is 4. The molecule has 0 unspecified atom stereocenters. The summed E-state index contributed by atoms with van der Waals surface area (Å²) in [5, 5.41) is 29.8. The van der Waals surface area contributed by atoms with Gasteiger partial charge in [-0.2, -0.15) is 5.26 Å². The maximum atomic E-state index is 12.5. The highest BCUT2D eigenvalue weighted by Gasteiger charge is 2.18. The number of ether oxygens (including phenoxy) is 1. The van der Waals surface area contributed by atoms with Gasteiger partial charge in [-0.1, -0.05) is 18.2 Å². The van der Waals surface area contributed by atoms with Gasteiger partial charge in [0.25, 0.3) is 5.91 Å². The summed E-state index contributed by atoms with van der Waals surface area (Å²) in [6.07, 6.45) is 2.25. The lowest BCUT2D eigenvalue weighted by molar-refractivity contribution is -0.112. The quantitative estimate of drug-likeness (QED) is 0.253. The summed E-state index contributed by atoms with van der Waals surface area (Å²) in [5.41, 5.74) is 3.95. The van der Waals surface area contributed by atoms with Gasteiger partial charge in [0.1, 0.15) is 17.7 Å². The molecule has 1 aromatic heterocycles. The van der Waals surface area contributed by atoms with Gasteiger partial charge in [0.05, 0.1) is 35.7 Å². The first-order valence-corrected chi connectivity index (χ1v) is 11.9. The Hall–Kier alpha value is -4.55. The number of rotatable bonds is 7. The van der Waals surface area contributed by atoms with Crippen molar-refractivity contribution in [3.63, 3.8) is 0 Å². The number of morpholine rings is 1. The number of allylic oxidation sites excluding steroid dienone is 1. The van der Waals surface area contributed by atoms with Crippen LogP contribution < -0.4 is 10.2 Å². The molecule has 37 heavy (non-hydrogen) atoms. The number of benzene rings is 2. The summed E-state index contributed by atoms with van der Waals surface area (Å²) >= 11 is 0. The van der Waals surface area contributed by atoms with Crippen molar-refractivity contribution in [2.75, 3.05) is 36.5 Å². The number of hydrogen-bond acceptors (Lipinski definition) is 8.